The number of allylic oxidation sites excluding steroid dienone is 1. The van der Waals surface area contributed by atoms with Gasteiger partial charge in [0.15, 0.2) is 32.8 Å². The van der Waals surface area contributed by atoms with E-state index in [9.17, 15) is 16.8 Å². The van der Waals surface area contributed by atoms with Gasteiger partial charge in [-0.25, -0.2) is 8.42 Å². The molecule has 3 fully saturated rings. The largest absolute Gasteiger partial charge is 0.414 e. The fraction of sp³-hybridized carbons (Fsp3) is 0.792. The molecule has 0 amide bonds. The van der Waals surface area contributed by atoms with Crippen LogP contribution >= 0.6 is 0 Å². The molecule has 0 aromatic heterocycles. The Morgan fingerprint density at radius 3 is 2.05 bits per heavy atom. The van der Waals surface area contributed by atoms with Crippen LogP contribution in [-0.4, -0.2) is 108 Å². The second kappa shape index (κ2) is 22.7. The zero-order valence-electron chi connectivity index (χ0n) is 41.0. The topological polar surface area (TPSA) is 133 Å². The molecule has 3 aliphatic heterocycles. The Morgan fingerprint density at radius 2 is 1.46 bits per heavy atom. The molecule has 0 spiro atoms. The first-order valence-electron chi connectivity index (χ1n) is 23.5. The summed E-state index contributed by atoms with van der Waals surface area (Å²) in [5, 5.41) is 0.0427. The minimum Gasteiger partial charge on any atom is -0.414 e. The summed E-state index contributed by atoms with van der Waals surface area (Å²) >= 11 is 0. The Kier molecular flexibility index (Phi) is 19.6. The van der Waals surface area contributed by atoms with Crippen LogP contribution in [0.3, 0.4) is 0 Å². The first-order valence-corrected chi connectivity index (χ1v) is 32.8. The van der Waals surface area contributed by atoms with E-state index in [1.54, 1.807) is 12.1 Å². The lowest BCUT2D eigenvalue weighted by atomic mass is 9.93. The van der Waals surface area contributed by atoms with Crippen molar-refractivity contribution in [2.45, 2.75) is 210 Å². The van der Waals surface area contributed by atoms with Crippen molar-refractivity contribution in [2.24, 2.45) is 5.92 Å². The minimum absolute atomic E-state index is 0.000525. The van der Waals surface area contributed by atoms with Gasteiger partial charge in [-0.15, -0.1) is 0 Å². The van der Waals surface area contributed by atoms with E-state index in [4.69, 9.17) is 32.0 Å². The number of hydrogen-bond donors (Lipinski definition) is 0. The lowest BCUT2D eigenvalue weighted by Gasteiger charge is -2.42. The van der Waals surface area contributed by atoms with E-state index in [1.165, 1.54) is 0 Å². The van der Waals surface area contributed by atoms with Crippen molar-refractivity contribution >= 4 is 36.6 Å². The molecule has 0 bridgehead atoms. The molecular weight excluding hydrogens is 873 g/mol. The molecule has 3 saturated heterocycles. The summed E-state index contributed by atoms with van der Waals surface area (Å²) in [4.78, 5) is 0.334. The van der Waals surface area contributed by atoms with Crippen LogP contribution in [0.25, 0.3) is 0 Å². The molecule has 3 heterocycles. The molecule has 11 nitrogen and oxygen atoms in total. The van der Waals surface area contributed by atoms with Gasteiger partial charge < -0.3 is 27.8 Å². The van der Waals surface area contributed by atoms with Gasteiger partial charge in [-0.2, -0.15) is 8.42 Å². The molecule has 0 N–H and O–H groups in total. The smallest absolute Gasteiger partial charge is 0.264 e. The second-order valence-electron chi connectivity index (χ2n) is 21.6. The predicted octanol–water partition coefficient (Wildman–Crippen LogP) is 10.7. The van der Waals surface area contributed by atoms with Crippen molar-refractivity contribution in [3.05, 3.63) is 54.1 Å². The van der Waals surface area contributed by atoms with Crippen LogP contribution in [0.2, 0.25) is 36.3 Å². The maximum atomic E-state index is 14.0. The quantitative estimate of drug-likeness (QED) is 0.0527. The Balaban J connectivity index is 1.43. The van der Waals surface area contributed by atoms with Crippen molar-refractivity contribution in [1.82, 2.24) is 0 Å². The third-order valence-corrected chi connectivity index (χ3v) is 25.7. The molecule has 362 valence electrons. The second-order valence-corrected chi connectivity index (χ2v) is 34.8. The molecule has 15 heteroatoms. The Labute approximate surface area is 385 Å². The van der Waals surface area contributed by atoms with Gasteiger partial charge in [-0.1, -0.05) is 79.3 Å². The van der Waals surface area contributed by atoms with E-state index in [0.717, 1.165) is 48.6 Å². The summed E-state index contributed by atoms with van der Waals surface area (Å²) in [5.41, 5.74) is 3.05. The summed E-state index contributed by atoms with van der Waals surface area (Å²) in [6.45, 7) is 34.9. The molecule has 0 unspecified atom stereocenters. The number of aryl methyl sites for hydroxylation is 1. The number of ether oxygens (including phenoxy) is 4. The van der Waals surface area contributed by atoms with Crippen molar-refractivity contribution in [2.75, 3.05) is 31.8 Å². The Bertz CT molecular complexity index is 1850. The van der Waals surface area contributed by atoms with Gasteiger partial charge in [0.1, 0.15) is 0 Å². The number of sulfone groups is 1. The van der Waals surface area contributed by atoms with E-state index < -0.39 is 42.7 Å². The van der Waals surface area contributed by atoms with Crippen molar-refractivity contribution < 1.29 is 48.8 Å². The summed E-state index contributed by atoms with van der Waals surface area (Å²) in [7, 11) is -11.6. The number of benzene rings is 1. The van der Waals surface area contributed by atoms with Gasteiger partial charge in [0.05, 0.1) is 73.3 Å². The van der Waals surface area contributed by atoms with Crippen LogP contribution in [0.4, 0.5) is 0 Å². The predicted molar refractivity (Wildman–Crippen MR) is 258 cm³/mol. The van der Waals surface area contributed by atoms with E-state index in [2.05, 4.69) is 87.8 Å². The molecule has 0 saturated carbocycles. The molecule has 1 aromatic carbocycles. The zero-order chi connectivity index (χ0) is 47.0. The van der Waals surface area contributed by atoms with Gasteiger partial charge in [-0.3, -0.25) is 4.18 Å². The lowest BCUT2D eigenvalue weighted by molar-refractivity contribution is -0.0588. The summed E-state index contributed by atoms with van der Waals surface area (Å²) in [6, 6.07) is 7.24. The molecule has 63 heavy (non-hydrogen) atoms. The van der Waals surface area contributed by atoms with Crippen molar-refractivity contribution in [3.8, 4) is 0 Å². The number of rotatable bonds is 25. The molecule has 4 rings (SSSR count). The van der Waals surface area contributed by atoms with Gasteiger partial charge in [0.25, 0.3) is 10.1 Å². The summed E-state index contributed by atoms with van der Waals surface area (Å²) < 4.78 is 96.5. The highest BCUT2D eigenvalue weighted by Crippen LogP contribution is 2.42. The molecule has 0 radical (unpaired) electrons. The van der Waals surface area contributed by atoms with E-state index in [1.807, 2.05) is 12.1 Å². The van der Waals surface area contributed by atoms with Gasteiger partial charge in [0, 0.05) is 18.8 Å². The first-order chi connectivity index (χ1) is 29.1. The van der Waals surface area contributed by atoms with Crippen LogP contribution in [0.15, 0.2) is 53.5 Å². The molecule has 3 aliphatic rings. The zero-order valence-corrected chi connectivity index (χ0v) is 44.6. The van der Waals surface area contributed by atoms with Crippen LogP contribution in [0.1, 0.15) is 125 Å². The standard InChI is InChI=1S/C48H84O11S2Si2/c1-15-37-18-23-43(24-19-37)61(51,52)34-38-31-41(32-42(59-63(13,14)48(7,8)9)33-55-62(11,12)47(4,5)6)57-45(38)25-17-35(2)16-20-39(58-60(10,49)50)21-26-44-36(3)30-40(56-44)22-27-46-53-28-29-54-46/h18-19,23-24,38-42,44-46H,2-3,15-17,20-22,25-34H2,1,4-14H3/t38-,39-,40-,41-,42-,44-,45-/m0/s1. The van der Waals surface area contributed by atoms with Crippen LogP contribution in [0, 0.1) is 5.92 Å². The fourth-order valence-corrected chi connectivity index (χ4v) is 12.9. The van der Waals surface area contributed by atoms with E-state index in [-0.39, 0.29) is 58.6 Å². The first kappa shape index (κ1) is 54.4. The average molecular weight is 957 g/mol. The fourth-order valence-electron chi connectivity index (χ4n) is 8.20. The van der Waals surface area contributed by atoms with Crippen molar-refractivity contribution in [1.29, 1.82) is 0 Å². The van der Waals surface area contributed by atoms with Gasteiger partial charge >= 0.3 is 0 Å². The van der Waals surface area contributed by atoms with E-state index >= 15 is 0 Å². The highest BCUT2D eigenvalue weighted by atomic mass is 32.2. The molecule has 0 aliphatic carbocycles. The van der Waals surface area contributed by atoms with Crippen LogP contribution < -0.4 is 0 Å². The van der Waals surface area contributed by atoms with E-state index in [0.29, 0.717) is 76.1 Å². The van der Waals surface area contributed by atoms with Crippen molar-refractivity contribution in [3.63, 3.8) is 0 Å². The highest BCUT2D eigenvalue weighted by molar-refractivity contribution is 7.91. The van der Waals surface area contributed by atoms with Gasteiger partial charge in [-0.05, 0) is 124 Å². The Hall–Kier alpha value is -1.25. The van der Waals surface area contributed by atoms with Crippen LogP contribution in [-0.2, 0) is 58.4 Å². The Morgan fingerprint density at radius 1 is 0.825 bits per heavy atom. The summed E-state index contributed by atoms with van der Waals surface area (Å²) in [6.07, 6.45) is 7.29. The van der Waals surface area contributed by atoms with Crippen LogP contribution in [0.5, 0.6) is 0 Å². The highest BCUT2D eigenvalue weighted by Gasteiger charge is 2.44. The third kappa shape index (κ3) is 17.1. The maximum Gasteiger partial charge on any atom is 0.264 e. The minimum atomic E-state index is -3.70. The van der Waals surface area contributed by atoms with Gasteiger partial charge in [0.2, 0.25) is 0 Å². The third-order valence-electron chi connectivity index (χ3n) is 14.2. The summed E-state index contributed by atoms with van der Waals surface area (Å²) in [5.74, 6) is -0.237. The number of hydrogen-bond acceptors (Lipinski definition) is 11. The average Bonchev–Trinajstić information content (AvgIpc) is 3.91. The normalized spacial score (nSPS) is 24.3. The molecule has 7 atom stereocenters. The SMILES string of the molecule is C=C(CC[C@@H](CC[C@@H]1O[C@@H](CCC2OCCO2)CC1=C)OS(C)(=O)=O)CC[C@@H]1O[C@H](C[C@@H](CO[Si](C)(C)C(C)(C)C)O[Si](C)(C)C(C)(C)C)C[C@H]1CS(=O)(=O)c1ccc(CC)cc1. The molecule has 1 aromatic rings. The lowest BCUT2D eigenvalue weighted by Crippen LogP contribution is -2.48. The monoisotopic (exact) mass is 956 g/mol. The maximum absolute atomic E-state index is 14.0. The molecular formula is C48H84O11S2Si2.